The molecular formula is C33H26Br2N4O7S3. The first-order valence-corrected chi connectivity index (χ1v) is 20.1. The van der Waals surface area contributed by atoms with Crippen molar-refractivity contribution >= 4 is 94.1 Å². The van der Waals surface area contributed by atoms with Gasteiger partial charge in [-0.3, -0.25) is 24.1 Å². The van der Waals surface area contributed by atoms with Crippen molar-refractivity contribution in [2.24, 2.45) is 34.7 Å². The lowest BCUT2D eigenvalue weighted by molar-refractivity contribution is -0.123. The molecule has 4 aliphatic rings. The summed E-state index contributed by atoms with van der Waals surface area (Å²) in [6, 6.07) is 18.2. The Labute approximate surface area is 305 Å². The number of nitrogens with two attached hydrogens (primary N) is 1. The molecule has 3 amide bonds. The van der Waals surface area contributed by atoms with E-state index in [-0.39, 0.29) is 57.1 Å². The number of fused-ring (bicyclic) bond motifs is 9. The van der Waals surface area contributed by atoms with E-state index in [4.69, 9.17) is 9.88 Å². The second kappa shape index (κ2) is 12.2. The number of halogens is 2. The molecule has 8 rings (SSSR count). The number of sulfonamides is 1. The molecule has 11 nitrogen and oxygen atoms in total. The van der Waals surface area contributed by atoms with Gasteiger partial charge in [-0.1, -0.05) is 43.2 Å². The zero-order chi connectivity index (χ0) is 34.4. The summed E-state index contributed by atoms with van der Waals surface area (Å²) in [6.07, 6.45) is 0.732. The Morgan fingerprint density at radius 3 is 2.33 bits per heavy atom. The van der Waals surface area contributed by atoms with E-state index in [0.717, 1.165) is 42.2 Å². The standard InChI is InChI=1S/C33H26Br2N4O7S3/c34-14-1-6-17(7-2-14)39-31(41)26-20-12-21(27(26)32(39)42)28-25(20)24(29-30(47-28)38-33(43)48-29)19-11-15(35)3-10-22(19)46-13-23(40)37-16-4-8-18(9-5-16)49(36,44)45/h1-11,20-21,24-28H,12-13H2,(H,37,40)(H,38,43)(H2,36,44,45)/t20?,21?,24-,25?,26?,27?,28?/m1/s1. The number of thioether (sulfide) groups is 1. The van der Waals surface area contributed by atoms with Crippen LogP contribution in [0.3, 0.4) is 0 Å². The van der Waals surface area contributed by atoms with E-state index in [9.17, 15) is 27.6 Å². The van der Waals surface area contributed by atoms with Gasteiger partial charge < -0.3 is 15.0 Å². The number of aromatic amines is 1. The minimum absolute atomic E-state index is 0.0222. The molecule has 2 aliphatic heterocycles. The van der Waals surface area contributed by atoms with E-state index in [1.54, 1.807) is 30.0 Å². The maximum absolute atomic E-state index is 14.1. The Morgan fingerprint density at radius 2 is 1.63 bits per heavy atom. The molecular weight excluding hydrogens is 820 g/mol. The summed E-state index contributed by atoms with van der Waals surface area (Å²) in [5.74, 6) is -1.80. The summed E-state index contributed by atoms with van der Waals surface area (Å²) < 4.78 is 30.9. The van der Waals surface area contributed by atoms with Gasteiger partial charge in [0.15, 0.2) is 6.61 Å². The largest absolute Gasteiger partial charge is 0.483 e. The van der Waals surface area contributed by atoms with Crippen LogP contribution < -0.4 is 25.0 Å². The lowest BCUT2D eigenvalue weighted by Crippen LogP contribution is -2.42. The van der Waals surface area contributed by atoms with Gasteiger partial charge in [0.05, 0.1) is 27.4 Å². The highest BCUT2D eigenvalue weighted by Crippen LogP contribution is 2.69. The van der Waals surface area contributed by atoms with Gasteiger partial charge in [0, 0.05) is 36.2 Å². The molecule has 2 aliphatic carbocycles. The first-order chi connectivity index (χ1) is 23.4. The molecule has 3 heterocycles. The highest BCUT2D eigenvalue weighted by molar-refractivity contribution is 9.10. The number of benzene rings is 3. The molecule has 3 aromatic carbocycles. The summed E-state index contributed by atoms with van der Waals surface area (Å²) in [7, 11) is -3.87. The van der Waals surface area contributed by atoms with Crippen molar-refractivity contribution in [2.75, 3.05) is 16.8 Å². The maximum atomic E-state index is 14.1. The van der Waals surface area contributed by atoms with Gasteiger partial charge in [0.25, 0.3) is 5.91 Å². The Hall–Kier alpha value is -3.28. The van der Waals surface area contributed by atoms with E-state index in [1.807, 2.05) is 24.3 Å². The summed E-state index contributed by atoms with van der Waals surface area (Å²) in [6.45, 7) is -0.344. The predicted molar refractivity (Wildman–Crippen MR) is 191 cm³/mol. The van der Waals surface area contributed by atoms with Crippen LogP contribution >= 0.6 is 55.0 Å². The van der Waals surface area contributed by atoms with Gasteiger partial charge in [-0.15, -0.1) is 11.8 Å². The van der Waals surface area contributed by atoms with Crippen LogP contribution in [-0.2, 0) is 24.4 Å². The molecule has 7 atom stereocenters. The van der Waals surface area contributed by atoms with E-state index in [2.05, 4.69) is 42.2 Å². The molecule has 16 heteroatoms. The Balaban J connectivity index is 1.11. The number of aromatic nitrogens is 1. The van der Waals surface area contributed by atoms with Crippen molar-refractivity contribution in [3.63, 3.8) is 0 Å². The van der Waals surface area contributed by atoms with Crippen molar-refractivity contribution in [3.05, 3.63) is 95.8 Å². The number of nitrogens with zero attached hydrogens (tertiary/aromatic N) is 1. The highest BCUT2D eigenvalue weighted by atomic mass is 79.9. The summed E-state index contributed by atoms with van der Waals surface area (Å²) >= 11 is 9.76. The summed E-state index contributed by atoms with van der Waals surface area (Å²) in [4.78, 5) is 58.7. The van der Waals surface area contributed by atoms with Crippen molar-refractivity contribution in [3.8, 4) is 5.75 Å². The van der Waals surface area contributed by atoms with Crippen molar-refractivity contribution in [1.29, 1.82) is 0 Å². The number of ether oxygens (including phenoxy) is 1. The third-order valence-corrected chi connectivity index (χ3v) is 14.5. The number of rotatable bonds is 7. The van der Waals surface area contributed by atoms with Crippen LogP contribution in [0.2, 0.25) is 0 Å². The van der Waals surface area contributed by atoms with E-state index in [1.165, 1.54) is 29.2 Å². The van der Waals surface area contributed by atoms with Gasteiger partial charge in [0.2, 0.25) is 21.8 Å². The first-order valence-electron chi connectivity index (χ1n) is 15.3. The summed E-state index contributed by atoms with van der Waals surface area (Å²) in [5, 5.41) is 8.61. The molecule has 6 unspecified atom stereocenters. The number of nitrogens with one attached hydrogen (secondary N) is 2. The minimum Gasteiger partial charge on any atom is -0.483 e. The van der Waals surface area contributed by atoms with E-state index < -0.39 is 27.8 Å². The van der Waals surface area contributed by atoms with Crippen LogP contribution in [0, 0.1) is 29.6 Å². The second-order valence-corrected chi connectivity index (χ2v) is 18.1. The number of H-pyrrole nitrogens is 1. The molecule has 1 saturated heterocycles. The number of hydrogen-bond acceptors (Lipinski definition) is 9. The number of thiazole rings is 1. The number of amides is 3. The van der Waals surface area contributed by atoms with Crippen molar-refractivity contribution < 1.29 is 27.5 Å². The number of hydrogen-bond donors (Lipinski definition) is 3. The monoisotopic (exact) mass is 844 g/mol. The van der Waals surface area contributed by atoms with Gasteiger partial charge in [0.1, 0.15) is 5.75 Å². The number of imide groups is 1. The minimum atomic E-state index is -3.87. The third-order valence-electron chi connectivity index (χ3n) is 9.94. The fourth-order valence-electron chi connectivity index (χ4n) is 8.17. The number of carbonyl (C=O) groups is 3. The molecule has 1 aromatic heterocycles. The molecule has 2 bridgehead atoms. The predicted octanol–water partition coefficient (Wildman–Crippen LogP) is 5.30. The van der Waals surface area contributed by atoms with Crippen LogP contribution in [0.4, 0.5) is 11.4 Å². The van der Waals surface area contributed by atoms with Gasteiger partial charge >= 0.3 is 4.87 Å². The molecule has 0 radical (unpaired) electrons. The Kier molecular flexibility index (Phi) is 8.19. The topological polar surface area (TPSA) is 169 Å². The SMILES string of the molecule is NS(=O)(=O)c1ccc(NC(=O)COc2ccc(Br)cc2[C@H]2c3sc(=O)[nH]c3SC3C4CC(C5C(=O)N(c6ccc(Br)cc6)C(=O)C45)C32)cc1. The first kappa shape index (κ1) is 32.9. The second-order valence-electron chi connectivity index (χ2n) is 12.5. The normalized spacial score (nSPS) is 26.8. The summed E-state index contributed by atoms with van der Waals surface area (Å²) in [5.41, 5.74) is 1.71. The highest BCUT2D eigenvalue weighted by Gasteiger charge is 2.69. The van der Waals surface area contributed by atoms with Crippen LogP contribution in [0.15, 0.2) is 90.4 Å². The fourth-order valence-corrected chi connectivity index (χ4v) is 12.2. The molecule has 3 fully saturated rings. The number of carbonyl (C=O) groups excluding carboxylic acids is 3. The molecule has 0 spiro atoms. The molecule has 49 heavy (non-hydrogen) atoms. The van der Waals surface area contributed by atoms with Crippen LogP contribution in [0.25, 0.3) is 0 Å². The van der Waals surface area contributed by atoms with Gasteiger partial charge in [-0.05, 0) is 90.9 Å². The van der Waals surface area contributed by atoms with Crippen LogP contribution in [0.5, 0.6) is 5.75 Å². The Morgan fingerprint density at radius 1 is 0.959 bits per heavy atom. The Bertz CT molecular complexity index is 2210. The van der Waals surface area contributed by atoms with Crippen LogP contribution in [-0.4, -0.2) is 43.0 Å². The molecule has 4 N–H and O–H groups in total. The average Bonchev–Trinajstić information content (AvgIpc) is 3.79. The molecule has 252 valence electrons. The maximum Gasteiger partial charge on any atom is 0.305 e. The van der Waals surface area contributed by atoms with Crippen LogP contribution in [0.1, 0.15) is 22.8 Å². The fraction of sp³-hybridized carbons (Fsp3) is 0.273. The van der Waals surface area contributed by atoms with Gasteiger partial charge in [-0.25, -0.2) is 13.6 Å². The smallest absolute Gasteiger partial charge is 0.305 e. The van der Waals surface area contributed by atoms with Crippen molar-refractivity contribution in [1.82, 2.24) is 4.98 Å². The molecule has 2 saturated carbocycles. The average molecular weight is 847 g/mol. The number of primary sulfonamides is 1. The van der Waals surface area contributed by atoms with E-state index in [0.29, 0.717) is 17.1 Å². The zero-order valence-corrected chi connectivity index (χ0v) is 30.8. The van der Waals surface area contributed by atoms with Gasteiger partial charge in [-0.2, -0.15) is 0 Å². The number of anilines is 2. The lowest BCUT2D eigenvalue weighted by atomic mass is 9.68. The van der Waals surface area contributed by atoms with Crippen molar-refractivity contribution in [2.45, 2.75) is 27.5 Å². The quantitative estimate of drug-likeness (QED) is 0.211. The zero-order valence-electron chi connectivity index (χ0n) is 25.2. The lowest BCUT2D eigenvalue weighted by Gasteiger charge is -2.43. The third kappa shape index (κ3) is 5.60. The molecule has 4 aromatic rings. The van der Waals surface area contributed by atoms with E-state index >= 15 is 0 Å².